The Morgan fingerprint density at radius 3 is 2.70 bits per heavy atom. The molecule has 2 aromatic rings. The fourth-order valence-corrected chi connectivity index (χ4v) is 2.18. The van der Waals surface area contributed by atoms with E-state index in [1.54, 1.807) is 42.6 Å². The van der Waals surface area contributed by atoms with Crippen LogP contribution in [-0.4, -0.2) is 22.4 Å². The number of pyridine rings is 1. The van der Waals surface area contributed by atoms with Gasteiger partial charge in [-0.1, -0.05) is 12.1 Å². The first-order valence-electron chi connectivity index (χ1n) is 7.48. The molecule has 0 unspecified atom stereocenters. The highest BCUT2D eigenvalue weighted by Crippen LogP contribution is 2.20. The van der Waals surface area contributed by atoms with Crippen molar-refractivity contribution in [1.82, 2.24) is 9.88 Å². The van der Waals surface area contributed by atoms with Gasteiger partial charge in [-0.2, -0.15) is 0 Å². The van der Waals surface area contributed by atoms with Crippen LogP contribution in [0.3, 0.4) is 0 Å². The van der Waals surface area contributed by atoms with Gasteiger partial charge >= 0.3 is 0 Å². The largest absolute Gasteiger partial charge is 0.349 e. The molecule has 1 fully saturated rings. The maximum Gasteiger partial charge on any atom is 0.251 e. The first-order valence-corrected chi connectivity index (χ1v) is 7.48. The molecule has 0 saturated heterocycles. The van der Waals surface area contributed by atoms with Crippen LogP contribution in [0, 0.1) is 0 Å². The summed E-state index contributed by atoms with van der Waals surface area (Å²) in [6.07, 6.45) is 3.60. The molecule has 1 aliphatic rings. The van der Waals surface area contributed by atoms with Gasteiger partial charge < -0.3 is 15.2 Å². The lowest BCUT2D eigenvalue weighted by Gasteiger charge is -2.09. The Kier molecular flexibility index (Phi) is 4.23. The third-order valence-electron chi connectivity index (χ3n) is 3.53. The van der Waals surface area contributed by atoms with Crippen LogP contribution < -0.4 is 16.2 Å². The topological polar surface area (TPSA) is 80.2 Å². The molecule has 6 heteroatoms. The van der Waals surface area contributed by atoms with E-state index in [-0.39, 0.29) is 30.0 Å². The van der Waals surface area contributed by atoms with E-state index in [9.17, 15) is 14.4 Å². The molecule has 1 saturated carbocycles. The average molecular weight is 311 g/mol. The van der Waals surface area contributed by atoms with E-state index in [2.05, 4.69) is 10.6 Å². The fraction of sp³-hybridized carbons (Fsp3) is 0.235. The number of rotatable bonds is 5. The summed E-state index contributed by atoms with van der Waals surface area (Å²) in [5.74, 6) is -0.457. The third kappa shape index (κ3) is 4.06. The highest BCUT2D eigenvalue weighted by atomic mass is 16.2. The number of carbonyl (C=O) groups excluding carboxylic acids is 2. The number of anilines is 1. The molecule has 118 valence electrons. The number of benzene rings is 1. The summed E-state index contributed by atoms with van der Waals surface area (Å²) >= 11 is 0. The SMILES string of the molecule is O=C(Cn1ccccc1=O)Nc1cccc(C(=O)NC2CC2)c1. The van der Waals surface area contributed by atoms with Crippen molar-refractivity contribution in [1.29, 1.82) is 0 Å². The summed E-state index contributed by atoms with van der Waals surface area (Å²) in [6, 6.07) is 11.8. The lowest BCUT2D eigenvalue weighted by molar-refractivity contribution is -0.116. The fourth-order valence-electron chi connectivity index (χ4n) is 2.18. The van der Waals surface area contributed by atoms with Crippen LogP contribution in [0.25, 0.3) is 0 Å². The predicted octanol–water partition coefficient (Wildman–Crippen LogP) is 1.38. The van der Waals surface area contributed by atoms with Gasteiger partial charge in [0, 0.05) is 29.6 Å². The third-order valence-corrected chi connectivity index (χ3v) is 3.53. The van der Waals surface area contributed by atoms with Crippen LogP contribution in [0.15, 0.2) is 53.5 Å². The molecule has 2 N–H and O–H groups in total. The molecule has 6 nitrogen and oxygen atoms in total. The number of hydrogen-bond acceptors (Lipinski definition) is 3. The standard InChI is InChI=1S/C17H17N3O3/c21-15(11-20-9-2-1-6-16(20)22)18-14-5-3-4-12(10-14)17(23)19-13-7-8-13/h1-6,9-10,13H,7-8,11H2,(H,18,21)(H,19,23). The first-order chi connectivity index (χ1) is 11.1. The van der Waals surface area contributed by atoms with E-state index >= 15 is 0 Å². The Hall–Kier alpha value is -2.89. The summed E-state index contributed by atoms with van der Waals surface area (Å²) < 4.78 is 1.32. The van der Waals surface area contributed by atoms with Crippen molar-refractivity contribution in [2.45, 2.75) is 25.4 Å². The predicted molar refractivity (Wildman–Crippen MR) is 86.3 cm³/mol. The van der Waals surface area contributed by atoms with Crippen molar-refractivity contribution in [3.8, 4) is 0 Å². The van der Waals surface area contributed by atoms with Gasteiger partial charge in [0.2, 0.25) is 5.91 Å². The van der Waals surface area contributed by atoms with Crippen LogP contribution in [0.2, 0.25) is 0 Å². The van der Waals surface area contributed by atoms with Gasteiger partial charge in [0.15, 0.2) is 0 Å². The van der Waals surface area contributed by atoms with E-state index in [0.29, 0.717) is 11.3 Å². The minimum absolute atomic E-state index is 0.0713. The molecule has 1 aromatic carbocycles. The van der Waals surface area contributed by atoms with Gasteiger partial charge in [0.25, 0.3) is 11.5 Å². The molecule has 0 spiro atoms. The Bertz CT molecular complexity index is 793. The Morgan fingerprint density at radius 2 is 1.96 bits per heavy atom. The second-order valence-electron chi connectivity index (χ2n) is 5.54. The number of aromatic nitrogens is 1. The Morgan fingerprint density at radius 1 is 1.13 bits per heavy atom. The molecule has 1 aromatic heterocycles. The molecule has 1 aliphatic carbocycles. The molecular weight excluding hydrogens is 294 g/mol. The van der Waals surface area contributed by atoms with Gasteiger partial charge in [0.1, 0.15) is 6.54 Å². The van der Waals surface area contributed by atoms with Crippen molar-refractivity contribution in [3.05, 3.63) is 64.6 Å². The van der Waals surface area contributed by atoms with E-state index in [4.69, 9.17) is 0 Å². The second kappa shape index (κ2) is 6.48. The number of hydrogen-bond donors (Lipinski definition) is 2. The molecule has 0 aliphatic heterocycles. The monoisotopic (exact) mass is 311 g/mol. The average Bonchev–Trinajstić information content (AvgIpc) is 3.34. The van der Waals surface area contributed by atoms with E-state index in [1.807, 2.05) is 0 Å². The maximum atomic E-state index is 12.0. The number of carbonyl (C=O) groups is 2. The van der Waals surface area contributed by atoms with Crippen molar-refractivity contribution in [3.63, 3.8) is 0 Å². The summed E-state index contributed by atoms with van der Waals surface area (Å²) in [4.78, 5) is 35.6. The first kappa shape index (κ1) is 15.0. The lowest BCUT2D eigenvalue weighted by Crippen LogP contribution is -2.27. The van der Waals surface area contributed by atoms with Gasteiger partial charge in [-0.25, -0.2) is 0 Å². The van der Waals surface area contributed by atoms with Gasteiger partial charge in [0.05, 0.1) is 0 Å². The summed E-state index contributed by atoms with van der Waals surface area (Å²) in [6.45, 7) is -0.0713. The van der Waals surface area contributed by atoms with Crippen LogP contribution in [0.1, 0.15) is 23.2 Å². The van der Waals surface area contributed by atoms with Crippen molar-refractivity contribution in [2.24, 2.45) is 0 Å². The quantitative estimate of drug-likeness (QED) is 0.875. The molecular formula is C17H17N3O3. The molecule has 23 heavy (non-hydrogen) atoms. The van der Waals surface area contributed by atoms with Crippen molar-refractivity contribution >= 4 is 17.5 Å². The zero-order chi connectivity index (χ0) is 16.2. The highest BCUT2D eigenvalue weighted by Gasteiger charge is 2.23. The van der Waals surface area contributed by atoms with E-state index in [0.717, 1.165) is 12.8 Å². The van der Waals surface area contributed by atoms with E-state index < -0.39 is 0 Å². The summed E-state index contributed by atoms with van der Waals surface area (Å²) in [5.41, 5.74) is 0.800. The molecule has 0 bridgehead atoms. The van der Waals surface area contributed by atoms with Crippen molar-refractivity contribution in [2.75, 3.05) is 5.32 Å². The normalized spacial score (nSPS) is 13.4. The highest BCUT2D eigenvalue weighted by molar-refractivity contribution is 5.97. The molecule has 0 atom stereocenters. The number of nitrogens with one attached hydrogen (secondary N) is 2. The van der Waals surface area contributed by atoms with Crippen molar-refractivity contribution < 1.29 is 9.59 Å². The maximum absolute atomic E-state index is 12.0. The Labute approximate surface area is 133 Å². The molecule has 0 radical (unpaired) electrons. The minimum Gasteiger partial charge on any atom is -0.349 e. The van der Waals surface area contributed by atoms with Gasteiger partial charge in [-0.3, -0.25) is 14.4 Å². The van der Waals surface area contributed by atoms with Crippen LogP contribution >= 0.6 is 0 Å². The van der Waals surface area contributed by atoms with Gasteiger partial charge in [-0.15, -0.1) is 0 Å². The number of nitrogens with zero attached hydrogens (tertiary/aromatic N) is 1. The zero-order valence-corrected chi connectivity index (χ0v) is 12.5. The van der Waals surface area contributed by atoms with Crippen LogP contribution in [-0.2, 0) is 11.3 Å². The molecule has 3 rings (SSSR count). The second-order valence-corrected chi connectivity index (χ2v) is 5.54. The summed E-state index contributed by atoms with van der Waals surface area (Å²) in [7, 11) is 0. The zero-order valence-electron chi connectivity index (χ0n) is 12.5. The smallest absolute Gasteiger partial charge is 0.251 e. The lowest BCUT2D eigenvalue weighted by atomic mass is 10.2. The van der Waals surface area contributed by atoms with Crippen LogP contribution in [0.4, 0.5) is 5.69 Å². The van der Waals surface area contributed by atoms with Gasteiger partial charge in [-0.05, 0) is 37.1 Å². The Balaban J connectivity index is 1.65. The summed E-state index contributed by atoms with van der Waals surface area (Å²) in [5, 5.41) is 5.60. The molecule has 1 heterocycles. The minimum atomic E-state index is -0.321. The molecule has 2 amide bonds. The van der Waals surface area contributed by atoms with E-state index in [1.165, 1.54) is 10.6 Å². The van der Waals surface area contributed by atoms with Crippen LogP contribution in [0.5, 0.6) is 0 Å². The number of amides is 2.